The number of hydrogen-bond donors (Lipinski definition) is 1. The lowest BCUT2D eigenvalue weighted by Gasteiger charge is -2.12. The summed E-state index contributed by atoms with van der Waals surface area (Å²) >= 11 is 0. The standard InChI is InChI=1S/C18H14F3N3O2/c19-18(20,21)13-5-7-14(8-6-13)23-17(25)11-26-16-4-2-1-3-15(16)24-10-9-22-12-24/h1-10,12H,11H2,(H,23,25). The van der Waals surface area contributed by atoms with Crippen molar-refractivity contribution in [3.05, 3.63) is 72.8 Å². The third kappa shape index (κ3) is 4.21. The van der Waals surface area contributed by atoms with E-state index in [4.69, 9.17) is 4.74 Å². The number of hydrogen-bond acceptors (Lipinski definition) is 3. The number of imidazole rings is 1. The number of halogens is 3. The van der Waals surface area contributed by atoms with Crippen LogP contribution in [0.15, 0.2) is 67.3 Å². The van der Waals surface area contributed by atoms with Crippen LogP contribution < -0.4 is 10.1 Å². The molecule has 26 heavy (non-hydrogen) atoms. The molecule has 0 aliphatic rings. The Hall–Kier alpha value is -3.29. The Labute approximate surface area is 147 Å². The molecule has 0 fully saturated rings. The Bertz CT molecular complexity index is 875. The van der Waals surface area contributed by atoms with Crippen molar-refractivity contribution >= 4 is 11.6 Å². The van der Waals surface area contributed by atoms with Crippen LogP contribution in [0, 0.1) is 0 Å². The first kappa shape index (κ1) is 17.5. The lowest BCUT2D eigenvalue weighted by Crippen LogP contribution is -2.20. The van der Waals surface area contributed by atoms with Gasteiger partial charge in [-0.3, -0.25) is 4.79 Å². The molecule has 0 atom stereocenters. The molecule has 0 saturated carbocycles. The second-order valence-corrected chi connectivity index (χ2v) is 5.35. The average Bonchev–Trinajstić information content (AvgIpc) is 3.14. The van der Waals surface area contributed by atoms with Gasteiger partial charge in [0.25, 0.3) is 5.91 Å². The summed E-state index contributed by atoms with van der Waals surface area (Å²) in [6.45, 7) is -0.285. The summed E-state index contributed by atoms with van der Waals surface area (Å²) in [6, 6.07) is 11.3. The largest absolute Gasteiger partial charge is 0.482 e. The van der Waals surface area contributed by atoms with Gasteiger partial charge in [0.2, 0.25) is 0 Å². The predicted octanol–water partition coefficient (Wildman–Crippen LogP) is 3.91. The van der Waals surface area contributed by atoms with Crippen molar-refractivity contribution in [1.82, 2.24) is 9.55 Å². The van der Waals surface area contributed by atoms with Crippen LogP contribution in [0.3, 0.4) is 0 Å². The number of carbonyl (C=O) groups is 1. The van der Waals surface area contributed by atoms with Crippen LogP contribution in [0.2, 0.25) is 0 Å². The third-order valence-corrected chi connectivity index (χ3v) is 3.50. The fourth-order valence-corrected chi connectivity index (χ4v) is 2.28. The summed E-state index contributed by atoms with van der Waals surface area (Å²) in [5.41, 5.74) is 0.197. The summed E-state index contributed by atoms with van der Waals surface area (Å²) in [5, 5.41) is 2.49. The van der Waals surface area contributed by atoms with Crippen molar-refractivity contribution in [2.24, 2.45) is 0 Å². The summed E-state index contributed by atoms with van der Waals surface area (Å²) in [7, 11) is 0. The number of aromatic nitrogens is 2. The molecule has 8 heteroatoms. The van der Waals surface area contributed by atoms with E-state index in [1.54, 1.807) is 35.4 Å². The normalized spacial score (nSPS) is 11.2. The zero-order valence-corrected chi connectivity index (χ0v) is 13.4. The van der Waals surface area contributed by atoms with Gasteiger partial charge in [-0.05, 0) is 36.4 Å². The highest BCUT2D eigenvalue weighted by Crippen LogP contribution is 2.29. The SMILES string of the molecule is O=C(COc1ccccc1-n1ccnc1)Nc1ccc(C(F)(F)F)cc1. The van der Waals surface area contributed by atoms with Gasteiger partial charge in [0.05, 0.1) is 17.6 Å². The Morgan fingerprint density at radius 2 is 1.85 bits per heavy atom. The monoisotopic (exact) mass is 361 g/mol. The molecule has 0 aliphatic carbocycles. The van der Waals surface area contributed by atoms with E-state index >= 15 is 0 Å². The topological polar surface area (TPSA) is 56.2 Å². The van der Waals surface area contributed by atoms with Gasteiger partial charge in [0, 0.05) is 18.1 Å². The number of ether oxygens (including phenoxy) is 1. The van der Waals surface area contributed by atoms with Gasteiger partial charge in [0.15, 0.2) is 6.61 Å². The number of alkyl halides is 3. The van der Waals surface area contributed by atoms with E-state index < -0.39 is 17.6 Å². The van der Waals surface area contributed by atoms with E-state index in [0.29, 0.717) is 11.4 Å². The van der Waals surface area contributed by atoms with Gasteiger partial charge in [-0.15, -0.1) is 0 Å². The molecule has 5 nitrogen and oxygen atoms in total. The van der Waals surface area contributed by atoms with Crippen LogP contribution >= 0.6 is 0 Å². The second-order valence-electron chi connectivity index (χ2n) is 5.35. The minimum Gasteiger partial charge on any atom is -0.482 e. The molecule has 1 N–H and O–H groups in total. The molecule has 2 aromatic carbocycles. The third-order valence-electron chi connectivity index (χ3n) is 3.50. The molecule has 0 aliphatic heterocycles. The molecule has 3 aromatic rings. The molecular formula is C18H14F3N3O2. The number of anilines is 1. The number of para-hydroxylation sites is 2. The Balaban J connectivity index is 1.62. The zero-order valence-electron chi connectivity index (χ0n) is 13.4. The molecule has 1 amide bonds. The van der Waals surface area contributed by atoms with Crippen LogP contribution in [-0.4, -0.2) is 22.1 Å². The van der Waals surface area contributed by atoms with Gasteiger partial charge >= 0.3 is 6.18 Å². The van der Waals surface area contributed by atoms with E-state index in [-0.39, 0.29) is 12.3 Å². The Morgan fingerprint density at radius 1 is 1.12 bits per heavy atom. The van der Waals surface area contributed by atoms with Crippen molar-refractivity contribution in [2.45, 2.75) is 6.18 Å². The maximum Gasteiger partial charge on any atom is 0.416 e. The highest BCUT2D eigenvalue weighted by molar-refractivity contribution is 5.91. The maximum atomic E-state index is 12.5. The van der Waals surface area contributed by atoms with Crippen molar-refractivity contribution in [3.8, 4) is 11.4 Å². The quantitative estimate of drug-likeness (QED) is 0.750. The Kier molecular flexibility index (Phi) is 4.92. The first-order valence-corrected chi connectivity index (χ1v) is 7.61. The van der Waals surface area contributed by atoms with Crippen LogP contribution in [-0.2, 0) is 11.0 Å². The van der Waals surface area contributed by atoms with Crippen LogP contribution in [0.5, 0.6) is 5.75 Å². The van der Waals surface area contributed by atoms with E-state index in [9.17, 15) is 18.0 Å². The van der Waals surface area contributed by atoms with Gasteiger partial charge < -0.3 is 14.6 Å². The highest BCUT2D eigenvalue weighted by atomic mass is 19.4. The number of nitrogens with one attached hydrogen (secondary N) is 1. The summed E-state index contributed by atoms with van der Waals surface area (Å²) in [5.74, 6) is -0.00161. The maximum absolute atomic E-state index is 12.5. The summed E-state index contributed by atoms with van der Waals surface area (Å²) < 4.78 is 44.9. The highest BCUT2D eigenvalue weighted by Gasteiger charge is 2.29. The molecule has 0 saturated heterocycles. The Morgan fingerprint density at radius 3 is 2.50 bits per heavy atom. The fraction of sp³-hybridized carbons (Fsp3) is 0.111. The first-order chi connectivity index (χ1) is 12.4. The van der Waals surface area contributed by atoms with E-state index in [2.05, 4.69) is 10.3 Å². The lowest BCUT2D eigenvalue weighted by atomic mass is 10.2. The van der Waals surface area contributed by atoms with Gasteiger partial charge in [0.1, 0.15) is 5.75 Å². The molecule has 1 heterocycles. The number of rotatable bonds is 5. The smallest absolute Gasteiger partial charge is 0.416 e. The molecule has 0 radical (unpaired) electrons. The second kappa shape index (κ2) is 7.30. The molecule has 1 aromatic heterocycles. The van der Waals surface area contributed by atoms with Crippen molar-refractivity contribution in [1.29, 1.82) is 0 Å². The van der Waals surface area contributed by atoms with E-state index in [0.717, 1.165) is 12.1 Å². The lowest BCUT2D eigenvalue weighted by molar-refractivity contribution is -0.137. The number of nitrogens with zero attached hydrogens (tertiary/aromatic N) is 2. The van der Waals surface area contributed by atoms with Gasteiger partial charge in [-0.1, -0.05) is 12.1 Å². The predicted molar refractivity (Wildman–Crippen MR) is 89.1 cm³/mol. The number of carbonyl (C=O) groups excluding carboxylic acids is 1. The fourth-order valence-electron chi connectivity index (χ4n) is 2.28. The van der Waals surface area contributed by atoms with Crippen molar-refractivity contribution in [2.75, 3.05) is 11.9 Å². The number of amides is 1. The summed E-state index contributed by atoms with van der Waals surface area (Å²) in [6.07, 6.45) is 0.547. The van der Waals surface area contributed by atoms with Crippen molar-refractivity contribution in [3.63, 3.8) is 0 Å². The molecule has 3 rings (SSSR count). The molecule has 0 spiro atoms. The van der Waals surface area contributed by atoms with Crippen LogP contribution in [0.25, 0.3) is 5.69 Å². The molecule has 134 valence electrons. The molecular weight excluding hydrogens is 347 g/mol. The molecule has 0 unspecified atom stereocenters. The van der Waals surface area contributed by atoms with Crippen LogP contribution in [0.1, 0.15) is 5.56 Å². The van der Waals surface area contributed by atoms with Gasteiger partial charge in [-0.2, -0.15) is 13.2 Å². The zero-order chi connectivity index (χ0) is 18.6. The minimum atomic E-state index is -4.41. The van der Waals surface area contributed by atoms with Crippen molar-refractivity contribution < 1.29 is 22.7 Å². The van der Waals surface area contributed by atoms with E-state index in [1.807, 2.05) is 12.1 Å². The van der Waals surface area contributed by atoms with E-state index in [1.165, 1.54) is 12.1 Å². The number of benzene rings is 2. The first-order valence-electron chi connectivity index (χ1n) is 7.61. The average molecular weight is 361 g/mol. The minimum absolute atomic E-state index is 0.259. The van der Waals surface area contributed by atoms with Crippen LogP contribution in [0.4, 0.5) is 18.9 Å². The van der Waals surface area contributed by atoms with Gasteiger partial charge in [-0.25, -0.2) is 4.98 Å². The summed E-state index contributed by atoms with van der Waals surface area (Å²) in [4.78, 5) is 16.0. The molecule has 0 bridgehead atoms.